The van der Waals surface area contributed by atoms with Crippen LogP contribution in [0.25, 0.3) is 62.6 Å². The van der Waals surface area contributed by atoms with Crippen LogP contribution >= 0.6 is 22.7 Å². The van der Waals surface area contributed by atoms with Crippen LogP contribution in [0, 0.1) is 0 Å². The van der Waals surface area contributed by atoms with Gasteiger partial charge >= 0.3 is 0 Å². The molecule has 2 heteroatoms. The van der Waals surface area contributed by atoms with Crippen molar-refractivity contribution < 1.29 is 0 Å². The van der Waals surface area contributed by atoms with Crippen molar-refractivity contribution in [2.45, 2.75) is 38.5 Å². The predicted molar refractivity (Wildman–Crippen MR) is 167 cm³/mol. The quantitative estimate of drug-likeness (QED) is 0.186. The number of hydrogen-bond donors (Lipinski definition) is 0. The molecular weight excluding hydrogens is 497 g/mol. The first kappa shape index (κ1) is 21.5. The molecule has 7 aromatic rings. The van der Waals surface area contributed by atoms with Crippen LogP contribution in [0.2, 0.25) is 0 Å². The summed E-state index contributed by atoms with van der Waals surface area (Å²) in [5.74, 6) is 0. The first-order valence-corrected chi connectivity index (χ1v) is 15.1. The van der Waals surface area contributed by atoms with Crippen molar-refractivity contribution in [3.8, 4) is 22.3 Å². The van der Waals surface area contributed by atoms with Gasteiger partial charge in [-0.3, -0.25) is 0 Å². The molecule has 0 amide bonds. The van der Waals surface area contributed by atoms with Gasteiger partial charge in [-0.05, 0) is 57.6 Å². The lowest BCUT2D eigenvalue weighted by Gasteiger charge is -2.24. The number of hydrogen-bond acceptors (Lipinski definition) is 2. The van der Waals surface area contributed by atoms with Gasteiger partial charge in [-0.25, -0.2) is 0 Å². The monoisotopic (exact) mass is 522 g/mol. The van der Waals surface area contributed by atoms with E-state index in [-0.39, 0.29) is 10.8 Å². The first-order chi connectivity index (χ1) is 18.4. The summed E-state index contributed by atoms with van der Waals surface area (Å²) in [5, 5.41) is 5.54. The lowest BCUT2D eigenvalue weighted by molar-refractivity contribution is 0.652. The highest BCUT2D eigenvalue weighted by Gasteiger charge is 2.43. The largest absolute Gasteiger partial charge is 0.135 e. The van der Waals surface area contributed by atoms with E-state index in [1.165, 1.54) is 84.9 Å². The van der Waals surface area contributed by atoms with Crippen molar-refractivity contribution in [2.75, 3.05) is 0 Å². The molecule has 0 unspecified atom stereocenters. The fourth-order valence-corrected chi connectivity index (χ4v) is 10.0. The lowest BCUT2D eigenvalue weighted by atomic mass is 9.79. The van der Waals surface area contributed by atoms with Gasteiger partial charge in [0, 0.05) is 62.3 Å². The zero-order chi connectivity index (χ0) is 25.6. The van der Waals surface area contributed by atoms with E-state index in [1.807, 2.05) is 22.7 Å². The summed E-state index contributed by atoms with van der Waals surface area (Å²) < 4.78 is 5.64. The topological polar surface area (TPSA) is 0 Å². The Morgan fingerprint density at radius 2 is 0.868 bits per heavy atom. The highest BCUT2D eigenvalue weighted by atomic mass is 32.1. The van der Waals surface area contributed by atoms with Crippen LogP contribution in [-0.4, -0.2) is 0 Å². The molecule has 38 heavy (non-hydrogen) atoms. The van der Waals surface area contributed by atoms with Crippen molar-refractivity contribution >= 4 is 63.0 Å². The van der Waals surface area contributed by atoms with Crippen molar-refractivity contribution in [1.82, 2.24) is 0 Å². The predicted octanol–water partition coefficient (Wildman–Crippen LogP) is 11.0. The fourth-order valence-electron chi connectivity index (χ4n) is 7.49. The maximum absolute atomic E-state index is 2.57. The van der Waals surface area contributed by atoms with Crippen molar-refractivity contribution in [1.29, 1.82) is 0 Å². The first-order valence-electron chi connectivity index (χ1n) is 13.4. The Hall–Kier alpha value is -3.46. The maximum Gasteiger partial charge on any atom is 0.0437 e. The van der Waals surface area contributed by atoms with E-state index in [0.717, 1.165) is 0 Å². The number of benzene rings is 5. The average Bonchev–Trinajstić information content (AvgIpc) is 3.60. The molecule has 9 rings (SSSR count). The molecule has 0 saturated carbocycles. The standard InChI is InChI=1S/C36H26S2/c1-35(2)25-15-13-21-19-9-5-7-11-29(19)37-33(21)31(25)23-18-28-24(17-27(23)35)32-26(36(28,3)4)16-14-22-20-10-6-8-12-30(20)38-34(22)32/h5-18H,1-4H3. The van der Waals surface area contributed by atoms with Gasteiger partial charge in [-0.1, -0.05) is 88.4 Å². The van der Waals surface area contributed by atoms with E-state index in [9.17, 15) is 0 Å². The van der Waals surface area contributed by atoms with Crippen LogP contribution in [-0.2, 0) is 10.8 Å². The summed E-state index contributed by atoms with van der Waals surface area (Å²) in [4.78, 5) is 0. The van der Waals surface area contributed by atoms with Crippen LogP contribution in [0.15, 0.2) is 84.9 Å². The van der Waals surface area contributed by atoms with Gasteiger partial charge < -0.3 is 0 Å². The van der Waals surface area contributed by atoms with Crippen molar-refractivity contribution in [2.24, 2.45) is 0 Å². The number of fused-ring (bicyclic) bond motifs is 14. The van der Waals surface area contributed by atoms with Gasteiger partial charge in [0.15, 0.2) is 0 Å². The van der Waals surface area contributed by atoms with Crippen LogP contribution in [0.3, 0.4) is 0 Å². The van der Waals surface area contributed by atoms with Crippen LogP contribution in [0.1, 0.15) is 49.9 Å². The number of thiophene rings is 2. The molecule has 0 nitrogen and oxygen atoms in total. The zero-order valence-electron chi connectivity index (χ0n) is 21.9. The lowest BCUT2D eigenvalue weighted by Crippen LogP contribution is -2.16. The molecule has 2 aliphatic rings. The molecule has 0 bridgehead atoms. The van der Waals surface area contributed by atoms with Gasteiger partial charge in [0.1, 0.15) is 0 Å². The van der Waals surface area contributed by atoms with Crippen LogP contribution in [0.4, 0.5) is 0 Å². The Labute approximate surface area is 230 Å². The van der Waals surface area contributed by atoms with E-state index in [0.29, 0.717) is 0 Å². The third kappa shape index (κ3) is 2.38. The Balaban J connectivity index is 1.40. The number of rotatable bonds is 0. The minimum atomic E-state index is -0.0367. The molecule has 0 aliphatic heterocycles. The second kappa shape index (κ2) is 6.75. The molecule has 2 heterocycles. The fraction of sp³-hybridized carbons (Fsp3) is 0.167. The molecule has 2 aliphatic carbocycles. The molecule has 2 aromatic heterocycles. The highest BCUT2D eigenvalue weighted by Crippen LogP contribution is 2.60. The highest BCUT2D eigenvalue weighted by molar-refractivity contribution is 7.26. The maximum atomic E-state index is 2.57. The molecule has 0 fully saturated rings. The van der Waals surface area contributed by atoms with Gasteiger partial charge in [0.2, 0.25) is 0 Å². The summed E-state index contributed by atoms with van der Waals surface area (Å²) in [6.07, 6.45) is 0. The van der Waals surface area contributed by atoms with Gasteiger partial charge in [-0.15, -0.1) is 22.7 Å². The third-order valence-corrected chi connectivity index (χ3v) is 11.9. The Kier molecular flexibility index (Phi) is 3.81. The van der Waals surface area contributed by atoms with E-state index in [2.05, 4.69) is 113 Å². The van der Waals surface area contributed by atoms with E-state index >= 15 is 0 Å². The summed E-state index contributed by atoms with van der Waals surface area (Å²) in [7, 11) is 0. The third-order valence-electron chi connectivity index (χ3n) is 9.48. The minimum Gasteiger partial charge on any atom is -0.135 e. The molecule has 0 N–H and O–H groups in total. The summed E-state index contributed by atoms with van der Waals surface area (Å²) in [5.41, 5.74) is 11.6. The molecule has 0 spiro atoms. The Morgan fingerprint density at radius 1 is 0.447 bits per heavy atom. The molecule has 0 atom stereocenters. The van der Waals surface area contributed by atoms with Crippen molar-refractivity contribution in [3.63, 3.8) is 0 Å². The molecular formula is C36H26S2. The molecule has 0 saturated heterocycles. The summed E-state index contributed by atoms with van der Waals surface area (Å²) in [6, 6.07) is 32.5. The van der Waals surface area contributed by atoms with E-state index in [1.54, 1.807) is 0 Å². The molecule has 5 aromatic carbocycles. The van der Waals surface area contributed by atoms with E-state index < -0.39 is 0 Å². The van der Waals surface area contributed by atoms with E-state index in [4.69, 9.17) is 0 Å². The Morgan fingerprint density at radius 3 is 1.32 bits per heavy atom. The SMILES string of the molecule is CC1(C)c2cc3c(cc2-c2c1ccc1c2sc2ccccc21)C(C)(C)c1ccc2c(sc4ccccc42)c1-3. The average molecular weight is 523 g/mol. The van der Waals surface area contributed by atoms with Crippen LogP contribution in [0.5, 0.6) is 0 Å². The smallest absolute Gasteiger partial charge is 0.0437 e. The van der Waals surface area contributed by atoms with Gasteiger partial charge in [0.25, 0.3) is 0 Å². The zero-order valence-corrected chi connectivity index (χ0v) is 23.5. The second-order valence-corrected chi connectivity index (χ2v) is 14.2. The molecule has 182 valence electrons. The van der Waals surface area contributed by atoms with Crippen LogP contribution < -0.4 is 0 Å². The van der Waals surface area contributed by atoms with Gasteiger partial charge in [-0.2, -0.15) is 0 Å². The molecule has 0 radical (unpaired) electrons. The summed E-state index contributed by atoms with van der Waals surface area (Å²) in [6.45, 7) is 9.68. The second-order valence-electron chi connectivity index (χ2n) is 12.1. The van der Waals surface area contributed by atoms with Gasteiger partial charge in [0.05, 0.1) is 0 Å². The van der Waals surface area contributed by atoms with Crippen molar-refractivity contribution in [3.05, 3.63) is 107 Å². The summed E-state index contributed by atoms with van der Waals surface area (Å²) >= 11 is 3.92. The Bertz CT molecular complexity index is 2020. The normalized spacial score (nSPS) is 16.3. The minimum absolute atomic E-state index is 0.0367.